The molecule has 0 spiro atoms. The van der Waals surface area contributed by atoms with Crippen LogP contribution in [-0.2, 0) is 12.8 Å². The highest BCUT2D eigenvalue weighted by atomic mass is 16.3. The summed E-state index contributed by atoms with van der Waals surface area (Å²) in [6, 6.07) is 16.5. The normalized spacial score (nSPS) is 12.2. The quantitative estimate of drug-likeness (QED) is 0.924. The van der Waals surface area contributed by atoms with Crippen molar-refractivity contribution in [2.24, 2.45) is 0 Å². The maximum absolute atomic E-state index is 9.18. The van der Waals surface area contributed by atoms with Crippen molar-refractivity contribution in [3.63, 3.8) is 0 Å². The first-order chi connectivity index (χ1) is 11.3. The second kappa shape index (κ2) is 8.36. The van der Waals surface area contributed by atoms with Crippen LogP contribution in [0.1, 0.15) is 37.0 Å². The van der Waals surface area contributed by atoms with Crippen LogP contribution in [0.15, 0.2) is 42.5 Å². The van der Waals surface area contributed by atoms with Crippen LogP contribution in [0.3, 0.4) is 0 Å². The number of benzene rings is 2. The van der Waals surface area contributed by atoms with E-state index in [0.717, 1.165) is 25.1 Å². The Labute approximate surface area is 138 Å². The monoisotopic (exact) mass is 308 g/mol. The maximum Gasteiger partial charge on any atom is 0.0992 e. The lowest BCUT2D eigenvalue weighted by Gasteiger charge is -2.27. The summed E-state index contributed by atoms with van der Waals surface area (Å²) in [6.45, 7) is 4.93. The lowest BCUT2D eigenvalue weighted by molar-refractivity contribution is 0.291. The summed E-state index contributed by atoms with van der Waals surface area (Å²) in [4.78, 5) is 2.24. The predicted molar refractivity (Wildman–Crippen MR) is 95.1 cm³/mol. The summed E-state index contributed by atoms with van der Waals surface area (Å²) in [5.74, 6) is 0. The van der Waals surface area contributed by atoms with Gasteiger partial charge in [-0.15, -0.1) is 0 Å². The first kappa shape index (κ1) is 17.1. The molecule has 3 heteroatoms. The highest BCUT2D eigenvalue weighted by molar-refractivity contribution is 5.72. The summed E-state index contributed by atoms with van der Waals surface area (Å²) in [5.41, 5.74) is 5.57. The molecule has 0 radical (unpaired) electrons. The van der Waals surface area contributed by atoms with Gasteiger partial charge in [0.25, 0.3) is 0 Å². The van der Waals surface area contributed by atoms with Crippen molar-refractivity contribution in [3.8, 4) is 6.07 Å². The van der Waals surface area contributed by atoms with Crippen molar-refractivity contribution in [2.45, 2.75) is 33.1 Å². The first-order valence-electron chi connectivity index (χ1n) is 8.33. The Hall–Kier alpha value is -2.31. The third-order valence-corrected chi connectivity index (χ3v) is 3.99. The van der Waals surface area contributed by atoms with Gasteiger partial charge in [-0.3, -0.25) is 0 Å². The molecule has 3 nitrogen and oxygen atoms in total. The average Bonchev–Trinajstić information content (AvgIpc) is 2.78. The Balaban J connectivity index is 0.000000924. The first-order valence-corrected chi connectivity index (χ1v) is 8.33. The number of hydrogen-bond donors (Lipinski definition) is 1. The van der Waals surface area contributed by atoms with Gasteiger partial charge in [-0.1, -0.05) is 38.1 Å². The van der Waals surface area contributed by atoms with E-state index in [2.05, 4.69) is 35.2 Å². The average molecular weight is 308 g/mol. The van der Waals surface area contributed by atoms with Crippen LogP contribution >= 0.6 is 0 Å². The minimum atomic E-state index is 0.173. The summed E-state index contributed by atoms with van der Waals surface area (Å²) in [7, 11) is 0. The van der Waals surface area contributed by atoms with E-state index in [1.165, 1.54) is 16.8 Å². The number of hydrogen-bond acceptors (Lipinski definition) is 3. The molecule has 0 unspecified atom stereocenters. The number of nitriles is 1. The van der Waals surface area contributed by atoms with Gasteiger partial charge in [-0.2, -0.15) is 5.26 Å². The number of aliphatic hydroxyl groups is 1. The SMILES string of the molecule is CC.N#Cc1ccc2c(c1)N(CCCO)c1ccccc1CC2. The molecule has 2 aromatic carbocycles. The van der Waals surface area contributed by atoms with Gasteiger partial charge >= 0.3 is 0 Å². The Morgan fingerprint density at radius 1 is 1.04 bits per heavy atom. The topological polar surface area (TPSA) is 47.3 Å². The lowest BCUT2D eigenvalue weighted by atomic mass is 10.0. The fourth-order valence-corrected chi connectivity index (χ4v) is 2.95. The number of aryl methyl sites for hydroxylation is 2. The molecule has 1 heterocycles. The zero-order valence-electron chi connectivity index (χ0n) is 13.9. The standard InChI is InChI=1S/C18H18N2O.C2H6/c19-13-14-6-7-16-9-8-15-4-1-2-5-17(15)20(10-3-11-21)18(16)12-14;1-2/h1-2,4-7,12,21H,3,8-11H2;1-2H3. The van der Waals surface area contributed by atoms with Gasteiger partial charge in [0.05, 0.1) is 11.6 Å². The number of fused-ring (bicyclic) bond motifs is 2. The van der Waals surface area contributed by atoms with E-state index in [0.29, 0.717) is 12.0 Å². The zero-order chi connectivity index (χ0) is 16.7. The molecule has 0 bridgehead atoms. The molecule has 0 saturated carbocycles. The Bertz CT molecular complexity index is 688. The number of aliphatic hydroxyl groups excluding tert-OH is 1. The van der Waals surface area contributed by atoms with Crippen LogP contribution < -0.4 is 4.90 Å². The van der Waals surface area contributed by atoms with Gasteiger partial charge in [-0.05, 0) is 48.6 Å². The maximum atomic E-state index is 9.18. The van der Waals surface area contributed by atoms with E-state index in [4.69, 9.17) is 5.26 Å². The van der Waals surface area contributed by atoms with Gasteiger partial charge < -0.3 is 10.0 Å². The fourth-order valence-electron chi connectivity index (χ4n) is 2.95. The van der Waals surface area contributed by atoms with Crippen molar-refractivity contribution in [1.29, 1.82) is 5.26 Å². The fraction of sp³-hybridized carbons (Fsp3) is 0.350. The smallest absolute Gasteiger partial charge is 0.0992 e. The van der Waals surface area contributed by atoms with Crippen LogP contribution in [0.5, 0.6) is 0 Å². The zero-order valence-corrected chi connectivity index (χ0v) is 13.9. The van der Waals surface area contributed by atoms with Crippen LogP contribution in [0.2, 0.25) is 0 Å². The van der Waals surface area contributed by atoms with Crippen molar-refractivity contribution in [2.75, 3.05) is 18.1 Å². The van der Waals surface area contributed by atoms with Gasteiger partial charge in [0.2, 0.25) is 0 Å². The third-order valence-electron chi connectivity index (χ3n) is 3.99. The molecule has 1 N–H and O–H groups in total. The molecule has 23 heavy (non-hydrogen) atoms. The summed E-state index contributed by atoms with van der Waals surface area (Å²) >= 11 is 0. The number of rotatable bonds is 3. The molecule has 0 saturated heterocycles. The third kappa shape index (κ3) is 3.72. The van der Waals surface area contributed by atoms with Gasteiger partial charge in [0.1, 0.15) is 0 Å². The van der Waals surface area contributed by atoms with E-state index in [1.54, 1.807) is 0 Å². The Morgan fingerprint density at radius 3 is 2.43 bits per heavy atom. The van der Waals surface area contributed by atoms with Gasteiger partial charge in [0, 0.05) is 24.5 Å². The van der Waals surface area contributed by atoms with E-state index < -0.39 is 0 Å². The molecule has 0 fully saturated rings. The number of para-hydroxylation sites is 1. The Kier molecular flexibility index (Phi) is 6.19. The van der Waals surface area contributed by atoms with Crippen molar-refractivity contribution in [3.05, 3.63) is 59.2 Å². The lowest BCUT2D eigenvalue weighted by Crippen LogP contribution is -2.20. The number of nitrogens with zero attached hydrogens (tertiary/aromatic N) is 2. The molecule has 0 atom stereocenters. The van der Waals surface area contributed by atoms with E-state index in [-0.39, 0.29) is 6.61 Å². The van der Waals surface area contributed by atoms with Gasteiger partial charge in [-0.25, -0.2) is 0 Å². The summed E-state index contributed by atoms with van der Waals surface area (Å²) in [6.07, 6.45) is 2.70. The van der Waals surface area contributed by atoms with Crippen molar-refractivity contribution < 1.29 is 5.11 Å². The molecule has 0 aliphatic carbocycles. The Morgan fingerprint density at radius 2 is 1.74 bits per heavy atom. The summed E-state index contributed by atoms with van der Waals surface area (Å²) < 4.78 is 0. The van der Waals surface area contributed by atoms with E-state index in [9.17, 15) is 5.11 Å². The molecule has 1 aliphatic rings. The second-order valence-electron chi connectivity index (χ2n) is 5.31. The van der Waals surface area contributed by atoms with E-state index in [1.807, 2.05) is 32.0 Å². The molecule has 120 valence electrons. The summed E-state index contributed by atoms with van der Waals surface area (Å²) in [5, 5.41) is 18.3. The molecule has 2 aromatic rings. The molecular weight excluding hydrogens is 284 g/mol. The van der Waals surface area contributed by atoms with Crippen molar-refractivity contribution in [1.82, 2.24) is 0 Å². The molecular formula is C20H24N2O. The molecule has 0 aromatic heterocycles. The molecule has 3 rings (SSSR count). The highest BCUT2D eigenvalue weighted by Gasteiger charge is 2.20. The van der Waals surface area contributed by atoms with Crippen LogP contribution in [0, 0.1) is 11.3 Å². The largest absolute Gasteiger partial charge is 0.396 e. The highest BCUT2D eigenvalue weighted by Crippen LogP contribution is 2.36. The molecule has 0 amide bonds. The minimum Gasteiger partial charge on any atom is -0.396 e. The van der Waals surface area contributed by atoms with Gasteiger partial charge in [0.15, 0.2) is 0 Å². The number of anilines is 2. The second-order valence-corrected chi connectivity index (χ2v) is 5.31. The van der Waals surface area contributed by atoms with Crippen LogP contribution in [0.25, 0.3) is 0 Å². The minimum absolute atomic E-state index is 0.173. The van der Waals surface area contributed by atoms with Crippen molar-refractivity contribution >= 4 is 11.4 Å². The molecule has 1 aliphatic heterocycles. The predicted octanol–water partition coefficient (Wildman–Crippen LogP) is 4.20. The van der Waals surface area contributed by atoms with Crippen LogP contribution in [-0.4, -0.2) is 18.3 Å². The van der Waals surface area contributed by atoms with E-state index >= 15 is 0 Å². The van der Waals surface area contributed by atoms with Crippen LogP contribution in [0.4, 0.5) is 11.4 Å².